The molecule has 6 rings (SSSR count). The zero-order valence-corrected chi connectivity index (χ0v) is 36.7. The highest BCUT2D eigenvalue weighted by Crippen LogP contribution is 2.44. The molecule has 0 radical (unpaired) electrons. The Kier molecular flexibility index (Phi) is 18.5. The first-order valence-corrected chi connectivity index (χ1v) is 21.8. The molecule has 30 nitrogen and oxygen atoms in total. The summed E-state index contributed by atoms with van der Waals surface area (Å²) in [5.41, 5.74) is 2.21. The fourth-order valence-electron chi connectivity index (χ4n) is 8.90. The Hall–Kier alpha value is -1.65. The number of aliphatic carboxylic acids is 1. The maximum atomic E-state index is 13.1. The molecule has 0 aromatic carbocycles. The molecule has 30 heteroatoms. The lowest BCUT2D eigenvalue weighted by atomic mass is 9.76. The van der Waals surface area contributed by atoms with E-state index in [9.17, 15) is 91.6 Å². The van der Waals surface area contributed by atoms with Crippen LogP contribution in [0.15, 0.2) is 0 Å². The quantitative estimate of drug-likeness (QED) is 0.0724. The second-order valence-electron chi connectivity index (χ2n) is 17.7. The number of aliphatic hydroxyl groups excluding tert-OH is 15. The summed E-state index contributed by atoms with van der Waals surface area (Å²) >= 11 is 0. The van der Waals surface area contributed by atoms with Gasteiger partial charge in [0.15, 0.2) is 43.2 Å². The third-order valence-electron chi connectivity index (χ3n) is 13.0. The predicted molar refractivity (Wildman–Crippen MR) is 208 cm³/mol. The number of carboxylic acids is 1. The van der Waals surface area contributed by atoms with Crippen molar-refractivity contribution < 1.29 is 144 Å². The van der Waals surface area contributed by atoms with Gasteiger partial charge in [-0.1, -0.05) is 0 Å². The highest BCUT2D eigenvalue weighted by Gasteiger charge is 2.67. The molecule has 6 fully saturated rings. The monoisotopic (exact) mass is 999 g/mol. The number of hydrogen-bond donors (Lipinski definition) is 18. The fourth-order valence-corrected chi connectivity index (χ4v) is 8.90. The number of rotatable bonds is 15. The van der Waals surface area contributed by atoms with E-state index < -0.39 is 203 Å². The highest BCUT2D eigenvalue weighted by molar-refractivity contribution is 5.73. The molecule has 6 aliphatic rings. The highest BCUT2D eigenvalue weighted by atomic mass is 16.8. The van der Waals surface area contributed by atoms with E-state index in [2.05, 4.69) is 0 Å². The third kappa shape index (κ3) is 10.7. The Bertz CT molecular complexity index is 1630. The van der Waals surface area contributed by atoms with Gasteiger partial charge in [-0.15, -0.1) is 0 Å². The number of aliphatic hydroxyl groups is 16. The molecular weight excluding hydrogens is 934 g/mol. The lowest BCUT2D eigenvalue weighted by Gasteiger charge is -2.57. The van der Waals surface area contributed by atoms with Crippen molar-refractivity contribution in [1.29, 1.82) is 0 Å². The van der Waals surface area contributed by atoms with Gasteiger partial charge in [-0.25, -0.2) is 4.79 Å². The third-order valence-corrected chi connectivity index (χ3v) is 13.0. The standard InChI is InChI=1S/C38H65NO29/c1-8-13(41)17(45)24(52)35(61-8)65-27-11(6-40)64-36(25(53)21(27)49)68-30-15(43)10(3)62-37(67-28-14(42)9(2)60-34(26(28)54)58-5-4-39)38(30,57)31-22(50)18(46)16(44)12(63-31)7-59-33-23(51)19(47)20(48)29(66-33)32(55)56/h8-31,33-37,40-54,57H,4-7,39H2,1-3H3,(H,55,56)/t8?,9?,10?,11?,12?,13-,14-,15-,16+,17?,18?,19?,20-,21?,22?,23?,24?,25?,26?,27+,28?,29?,30?,31-,33-,34+,35+,36-,37-,38?/m0/s1. The summed E-state index contributed by atoms with van der Waals surface area (Å²) in [4.78, 5) is 11.7. The van der Waals surface area contributed by atoms with Gasteiger partial charge < -0.3 is 145 Å². The van der Waals surface area contributed by atoms with Crippen LogP contribution in [0.2, 0.25) is 0 Å². The van der Waals surface area contributed by atoms with Gasteiger partial charge in [0, 0.05) is 6.54 Å². The second-order valence-corrected chi connectivity index (χ2v) is 17.7. The van der Waals surface area contributed by atoms with Gasteiger partial charge in [0.2, 0.25) is 0 Å². The van der Waals surface area contributed by atoms with E-state index in [1.165, 1.54) is 20.8 Å². The maximum Gasteiger partial charge on any atom is 0.335 e. The zero-order chi connectivity index (χ0) is 50.4. The van der Waals surface area contributed by atoms with Crippen LogP contribution in [0.1, 0.15) is 20.8 Å². The minimum Gasteiger partial charge on any atom is -0.479 e. The normalized spacial score (nSPS) is 53.8. The molecule has 68 heavy (non-hydrogen) atoms. The van der Waals surface area contributed by atoms with Gasteiger partial charge in [-0.2, -0.15) is 0 Å². The van der Waals surface area contributed by atoms with Gasteiger partial charge in [-0.05, 0) is 20.8 Å². The summed E-state index contributed by atoms with van der Waals surface area (Å²) in [5, 5.41) is 186. The van der Waals surface area contributed by atoms with E-state index in [0.29, 0.717) is 0 Å². The average Bonchev–Trinajstić information content (AvgIpc) is 3.30. The SMILES string of the molecule is CC1O[C@H](O[C@@H]2C(CO)O[C@@H](OC3[C@@H](O)C(C)O[C@@H](OC4C(O)[C@H](OCCN)OC(C)[C@@H]4O)C3(O)[C@H]3OC(CO[C@H]4OC(C(=O)O)[C@@H](O)C(O)C4O)[C@@H](O)C(O)C3O)C(O)C2O)C(O)C(O)[C@H]1O. The first kappa shape index (κ1) is 55.7. The molecule has 0 bridgehead atoms. The first-order chi connectivity index (χ1) is 31.9. The van der Waals surface area contributed by atoms with Crippen LogP contribution >= 0.6 is 0 Å². The Labute approximate surface area is 385 Å². The zero-order valence-electron chi connectivity index (χ0n) is 36.7. The van der Waals surface area contributed by atoms with Crippen molar-refractivity contribution in [2.45, 2.75) is 204 Å². The maximum absolute atomic E-state index is 13.1. The molecule has 0 amide bonds. The second kappa shape index (κ2) is 22.6. The number of carbonyl (C=O) groups is 1. The van der Waals surface area contributed by atoms with Crippen molar-refractivity contribution in [3.05, 3.63) is 0 Å². The van der Waals surface area contributed by atoms with E-state index in [1.807, 2.05) is 0 Å². The fraction of sp³-hybridized carbons (Fsp3) is 0.974. The lowest BCUT2D eigenvalue weighted by molar-refractivity contribution is -0.428. The molecule has 18 unspecified atom stereocenters. The number of nitrogens with two attached hydrogens (primary N) is 1. The van der Waals surface area contributed by atoms with Gasteiger partial charge in [-0.3, -0.25) is 0 Å². The van der Waals surface area contributed by atoms with Crippen LogP contribution in [0.25, 0.3) is 0 Å². The minimum atomic E-state index is -3.34. The molecule has 0 saturated carbocycles. The van der Waals surface area contributed by atoms with Crippen LogP contribution in [0.4, 0.5) is 0 Å². The largest absolute Gasteiger partial charge is 0.479 e. The van der Waals surface area contributed by atoms with E-state index in [0.717, 1.165) is 0 Å². The summed E-state index contributed by atoms with van der Waals surface area (Å²) in [6.07, 6.45) is -57.2. The van der Waals surface area contributed by atoms with E-state index in [-0.39, 0.29) is 13.2 Å². The Morgan fingerprint density at radius 1 is 0.515 bits per heavy atom. The molecule has 0 spiro atoms. The molecule has 19 N–H and O–H groups in total. The molecule has 396 valence electrons. The van der Waals surface area contributed by atoms with E-state index in [1.54, 1.807) is 0 Å². The molecular formula is C38H65NO29. The molecule has 0 aromatic rings. The smallest absolute Gasteiger partial charge is 0.335 e. The summed E-state index contributed by atoms with van der Waals surface area (Å²) in [5.74, 6) is -1.78. The van der Waals surface area contributed by atoms with E-state index >= 15 is 0 Å². The predicted octanol–water partition coefficient (Wildman–Crippen LogP) is -11.6. The molecule has 0 aliphatic carbocycles. The van der Waals surface area contributed by atoms with Crippen molar-refractivity contribution >= 4 is 5.97 Å². The summed E-state index contributed by atoms with van der Waals surface area (Å²) in [6.45, 7) is 1.60. The van der Waals surface area contributed by atoms with E-state index in [4.69, 9.17) is 57.8 Å². The minimum absolute atomic E-state index is 0.0456. The van der Waals surface area contributed by atoms with Crippen LogP contribution < -0.4 is 5.73 Å². The van der Waals surface area contributed by atoms with Crippen LogP contribution in [0.3, 0.4) is 0 Å². The molecule has 0 aromatic heterocycles. The molecule has 6 heterocycles. The summed E-state index contributed by atoms with van der Waals surface area (Å²) < 4.78 is 62.3. The van der Waals surface area contributed by atoms with Crippen molar-refractivity contribution in [2.24, 2.45) is 5.73 Å². The number of hydrogen-bond acceptors (Lipinski definition) is 29. The average molecular weight is 1000 g/mol. The Balaban J connectivity index is 1.34. The molecule has 6 aliphatic heterocycles. The Morgan fingerprint density at radius 2 is 1.06 bits per heavy atom. The van der Waals surface area contributed by atoms with Gasteiger partial charge in [0.25, 0.3) is 0 Å². The van der Waals surface area contributed by atoms with Crippen molar-refractivity contribution in [2.75, 3.05) is 26.4 Å². The summed E-state index contributed by atoms with van der Waals surface area (Å²) in [6, 6.07) is 0. The number of carboxylic acid groups (broad SMARTS) is 1. The van der Waals surface area contributed by atoms with Crippen LogP contribution in [-0.4, -0.2) is 303 Å². The van der Waals surface area contributed by atoms with Crippen LogP contribution in [-0.2, 0) is 56.9 Å². The first-order valence-electron chi connectivity index (χ1n) is 21.8. The van der Waals surface area contributed by atoms with Gasteiger partial charge in [0.05, 0.1) is 38.1 Å². The lowest BCUT2D eigenvalue weighted by Crippen LogP contribution is -2.78. The number of ether oxygens (including phenoxy) is 11. The van der Waals surface area contributed by atoms with Crippen LogP contribution in [0.5, 0.6) is 0 Å². The van der Waals surface area contributed by atoms with Crippen molar-refractivity contribution in [3.63, 3.8) is 0 Å². The Morgan fingerprint density at radius 3 is 1.69 bits per heavy atom. The van der Waals surface area contributed by atoms with Crippen LogP contribution in [0, 0.1) is 0 Å². The molecule has 6 saturated heterocycles. The van der Waals surface area contributed by atoms with Gasteiger partial charge >= 0.3 is 5.97 Å². The molecule has 30 atom stereocenters. The summed E-state index contributed by atoms with van der Waals surface area (Å²) in [7, 11) is 0. The van der Waals surface area contributed by atoms with Crippen molar-refractivity contribution in [3.8, 4) is 0 Å². The van der Waals surface area contributed by atoms with Crippen molar-refractivity contribution in [1.82, 2.24) is 0 Å². The topological polar surface area (TPSA) is 489 Å². The van der Waals surface area contributed by atoms with Gasteiger partial charge in [0.1, 0.15) is 122 Å².